The maximum absolute atomic E-state index is 12.8. The van der Waals surface area contributed by atoms with Crippen LogP contribution in [0.25, 0.3) is 0 Å². The van der Waals surface area contributed by atoms with Gasteiger partial charge in [-0.3, -0.25) is 9.89 Å². The van der Waals surface area contributed by atoms with Gasteiger partial charge in [0.05, 0.1) is 31.7 Å². The summed E-state index contributed by atoms with van der Waals surface area (Å²) in [6.07, 6.45) is 1.47. The lowest BCUT2D eigenvalue weighted by Crippen LogP contribution is -2.36. The molecule has 1 atom stereocenters. The molecule has 0 radical (unpaired) electrons. The highest BCUT2D eigenvalue weighted by atomic mass is 16.5. The first-order valence-corrected chi connectivity index (χ1v) is 8.74. The Labute approximate surface area is 147 Å². The molecule has 0 bridgehead atoms. The number of benzene rings is 1. The number of aromatic nitrogens is 2. The number of ether oxygens (including phenoxy) is 2. The molecule has 2 heterocycles. The minimum atomic E-state index is -0.0282. The molecule has 0 amide bonds. The number of fused-ring (bicyclic) bond motifs is 1. The van der Waals surface area contributed by atoms with Crippen LogP contribution in [-0.4, -0.2) is 49.4 Å². The Kier molecular flexibility index (Phi) is 4.21. The third kappa shape index (κ3) is 3.02. The van der Waals surface area contributed by atoms with Crippen molar-refractivity contribution in [3.05, 3.63) is 40.7 Å². The molecule has 1 aliphatic carbocycles. The molecule has 1 aliphatic heterocycles. The molecular weight excluding hydrogens is 318 g/mol. The van der Waals surface area contributed by atoms with Gasteiger partial charge in [0.2, 0.25) is 0 Å². The van der Waals surface area contributed by atoms with Crippen molar-refractivity contribution in [2.75, 3.05) is 38.3 Å². The molecule has 1 N–H and O–H groups in total. The van der Waals surface area contributed by atoms with Gasteiger partial charge in [-0.2, -0.15) is 5.10 Å². The summed E-state index contributed by atoms with van der Waals surface area (Å²) in [7, 11) is 1.66. The molecule has 6 nitrogen and oxygen atoms in total. The van der Waals surface area contributed by atoms with Crippen molar-refractivity contribution in [2.24, 2.45) is 5.92 Å². The molecule has 1 saturated heterocycles. The van der Waals surface area contributed by atoms with Gasteiger partial charge in [0, 0.05) is 30.3 Å². The van der Waals surface area contributed by atoms with E-state index in [1.165, 1.54) is 0 Å². The molecule has 132 valence electrons. The molecule has 25 heavy (non-hydrogen) atoms. The number of H-pyrrole nitrogens is 1. The van der Waals surface area contributed by atoms with Crippen molar-refractivity contribution in [1.29, 1.82) is 0 Å². The van der Waals surface area contributed by atoms with Crippen molar-refractivity contribution in [2.45, 2.75) is 19.8 Å². The van der Waals surface area contributed by atoms with Gasteiger partial charge < -0.3 is 14.4 Å². The zero-order valence-corrected chi connectivity index (χ0v) is 14.7. The summed E-state index contributed by atoms with van der Waals surface area (Å²) in [6, 6.07) is 6.06. The van der Waals surface area contributed by atoms with Crippen LogP contribution in [0.5, 0.6) is 5.75 Å². The predicted octanol–water partition coefficient (Wildman–Crippen LogP) is 2.16. The topological polar surface area (TPSA) is 67.5 Å². The van der Waals surface area contributed by atoms with Crippen LogP contribution >= 0.6 is 0 Å². The van der Waals surface area contributed by atoms with Crippen molar-refractivity contribution in [3.63, 3.8) is 0 Å². The number of anilines is 1. The monoisotopic (exact) mass is 341 g/mol. The van der Waals surface area contributed by atoms with Crippen molar-refractivity contribution in [1.82, 2.24) is 10.2 Å². The Morgan fingerprint density at radius 1 is 1.32 bits per heavy atom. The number of nitrogens with one attached hydrogen (secondary N) is 1. The number of carbonyl (C=O) groups is 1. The summed E-state index contributed by atoms with van der Waals surface area (Å²) in [6.45, 7) is 5.09. The van der Waals surface area contributed by atoms with Crippen LogP contribution in [0.4, 0.5) is 5.69 Å². The van der Waals surface area contributed by atoms with Crippen LogP contribution in [0.15, 0.2) is 18.2 Å². The molecule has 2 aromatic rings. The van der Waals surface area contributed by atoms with Gasteiger partial charge in [0.1, 0.15) is 5.75 Å². The number of hydrogen-bond donors (Lipinski definition) is 1. The quantitative estimate of drug-likeness (QED) is 0.923. The van der Waals surface area contributed by atoms with Crippen LogP contribution in [0.2, 0.25) is 0 Å². The number of nitrogens with zero attached hydrogens (tertiary/aromatic N) is 2. The molecular formula is C19H23N3O3. The predicted molar refractivity (Wildman–Crippen MR) is 94.6 cm³/mol. The number of morpholine rings is 1. The summed E-state index contributed by atoms with van der Waals surface area (Å²) < 4.78 is 11.0. The maximum atomic E-state index is 12.8. The average Bonchev–Trinajstić information content (AvgIpc) is 3.18. The Balaban J connectivity index is 1.61. The van der Waals surface area contributed by atoms with Gasteiger partial charge in [-0.25, -0.2) is 0 Å². The summed E-state index contributed by atoms with van der Waals surface area (Å²) in [5.74, 6) is 0.945. The van der Waals surface area contributed by atoms with Gasteiger partial charge in [0.15, 0.2) is 5.78 Å². The van der Waals surface area contributed by atoms with Gasteiger partial charge in [-0.1, -0.05) is 0 Å². The molecule has 1 aromatic carbocycles. The standard InChI is InChI=1S/C19H23N3O3/c1-12-7-15(21-20-12)9-14-8-13-10-17(22-3-5-25-6-4-22)18(24-2)11-16(13)19(14)23/h7,10-11,14H,3-6,8-9H2,1-2H3,(H,20,21). The highest BCUT2D eigenvalue weighted by molar-refractivity contribution is 6.03. The van der Waals surface area contributed by atoms with Gasteiger partial charge >= 0.3 is 0 Å². The number of aromatic amines is 1. The second-order valence-corrected chi connectivity index (χ2v) is 6.78. The van der Waals surface area contributed by atoms with E-state index in [4.69, 9.17) is 9.47 Å². The number of carbonyl (C=O) groups excluding carboxylic acids is 1. The summed E-state index contributed by atoms with van der Waals surface area (Å²) in [5.41, 5.74) is 4.96. The first kappa shape index (κ1) is 16.1. The number of hydrogen-bond acceptors (Lipinski definition) is 5. The minimum absolute atomic E-state index is 0.0282. The van der Waals surface area contributed by atoms with E-state index in [-0.39, 0.29) is 11.7 Å². The Morgan fingerprint density at radius 2 is 2.12 bits per heavy atom. The molecule has 1 unspecified atom stereocenters. The summed E-state index contributed by atoms with van der Waals surface area (Å²) in [5, 5.41) is 7.18. The Bertz CT molecular complexity index is 793. The average molecular weight is 341 g/mol. The molecule has 1 fully saturated rings. The Hall–Kier alpha value is -2.34. The largest absolute Gasteiger partial charge is 0.495 e. The molecule has 0 saturated carbocycles. The smallest absolute Gasteiger partial charge is 0.167 e. The lowest BCUT2D eigenvalue weighted by molar-refractivity contribution is 0.0935. The van der Waals surface area contributed by atoms with E-state index in [1.54, 1.807) is 7.11 Å². The zero-order chi connectivity index (χ0) is 17.4. The van der Waals surface area contributed by atoms with E-state index in [0.717, 1.165) is 66.7 Å². The lowest BCUT2D eigenvalue weighted by Gasteiger charge is -2.30. The molecule has 6 heteroatoms. The fourth-order valence-corrected chi connectivity index (χ4v) is 3.81. The normalized spacial score (nSPS) is 20.0. The molecule has 4 rings (SSSR count). The summed E-state index contributed by atoms with van der Waals surface area (Å²) in [4.78, 5) is 15.1. The second kappa shape index (κ2) is 6.52. The molecule has 1 aromatic heterocycles. The Morgan fingerprint density at radius 3 is 2.80 bits per heavy atom. The van der Waals surface area contributed by atoms with E-state index in [9.17, 15) is 4.79 Å². The third-order valence-corrected chi connectivity index (χ3v) is 5.08. The number of Topliss-reactive ketones (excluding diaryl/α,β-unsaturated/α-hetero) is 1. The molecule has 2 aliphatic rings. The van der Waals surface area contributed by atoms with E-state index in [0.29, 0.717) is 6.42 Å². The highest BCUT2D eigenvalue weighted by Gasteiger charge is 2.33. The fraction of sp³-hybridized carbons (Fsp3) is 0.474. The number of ketones is 1. The van der Waals surface area contributed by atoms with Crippen LogP contribution in [-0.2, 0) is 17.6 Å². The first-order chi connectivity index (χ1) is 12.2. The highest BCUT2D eigenvalue weighted by Crippen LogP contribution is 2.38. The van der Waals surface area contributed by atoms with Crippen LogP contribution in [0.1, 0.15) is 27.3 Å². The summed E-state index contributed by atoms with van der Waals surface area (Å²) >= 11 is 0. The SMILES string of the molecule is COc1cc2c(cc1N1CCOCC1)CC(Cc1cc(C)n[nH]1)C2=O. The van der Waals surface area contributed by atoms with E-state index < -0.39 is 0 Å². The minimum Gasteiger partial charge on any atom is -0.495 e. The van der Waals surface area contributed by atoms with E-state index >= 15 is 0 Å². The fourth-order valence-electron chi connectivity index (χ4n) is 3.81. The zero-order valence-electron chi connectivity index (χ0n) is 14.7. The van der Waals surface area contributed by atoms with Gasteiger partial charge in [-0.15, -0.1) is 0 Å². The van der Waals surface area contributed by atoms with Crippen molar-refractivity contribution in [3.8, 4) is 5.75 Å². The van der Waals surface area contributed by atoms with E-state index in [1.807, 2.05) is 19.1 Å². The van der Waals surface area contributed by atoms with Crippen molar-refractivity contribution < 1.29 is 14.3 Å². The molecule has 0 spiro atoms. The van der Waals surface area contributed by atoms with E-state index in [2.05, 4.69) is 21.2 Å². The van der Waals surface area contributed by atoms with Gasteiger partial charge in [-0.05, 0) is 43.5 Å². The first-order valence-electron chi connectivity index (χ1n) is 8.74. The maximum Gasteiger partial charge on any atom is 0.167 e. The third-order valence-electron chi connectivity index (χ3n) is 5.08. The second-order valence-electron chi connectivity index (χ2n) is 6.78. The number of methoxy groups -OCH3 is 1. The van der Waals surface area contributed by atoms with Crippen LogP contribution in [0, 0.1) is 12.8 Å². The van der Waals surface area contributed by atoms with Crippen LogP contribution in [0.3, 0.4) is 0 Å². The van der Waals surface area contributed by atoms with Crippen LogP contribution < -0.4 is 9.64 Å². The van der Waals surface area contributed by atoms with Gasteiger partial charge in [0.25, 0.3) is 0 Å². The van der Waals surface area contributed by atoms with Crippen molar-refractivity contribution >= 4 is 11.5 Å². The lowest BCUT2D eigenvalue weighted by atomic mass is 9.99. The number of rotatable bonds is 4. The number of aryl methyl sites for hydroxylation is 1.